The highest BCUT2D eigenvalue weighted by atomic mass is 79.9. The Labute approximate surface area is 103 Å². The molecule has 17 heavy (non-hydrogen) atoms. The van der Waals surface area contributed by atoms with Crippen molar-refractivity contribution in [1.29, 1.82) is 0 Å². The minimum atomic E-state index is -4.46. The van der Waals surface area contributed by atoms with Gasteiger partial charge in [-0.05, 0) is 22.0 Å². The van der Waals surface area contributed by atoms with Gasteiger partial charge in [0.1, 0.15) is 18.5 Å². The Balaban J connectivity index is 2.58. The number of benzene rings is 1. The predicted molar refractivity (Wildman–Crippen MR) is 55.9 cm³/mol. The van der Waals surface area contributed by atoms with Crippen molar-refractivity contribution in [3.05, 3.63) is 34.1 Å². The van der Waals surface area contributed by atoms with Gasteiger partial charge in [0, 0.05) is 5.56 Å². The fraction of sp³-hybridized carbons (Fsp3) is 0.400. The van der Waals surface area contributed by atoms with Crippen molar-refractivity contribution in [2.75, 3.05) is 13.2 Å². The molecule has 0 aliphatic heterocycles. The molecule has 1 unspecified atom stereocenters. The van der Waals surface area contributed by atoms with E-state index in [2.05, 4.69) is 20.7 Å². The van der Waals surface area contributed by atoms with Gasteiger partial charge >= 0.3 is 6.18 Å². The van der Waals surface area contributed by atoms with Crippen molar-refractivity contribution in [2.45, 2.75) is 12.3 Å². The lowest BCUT2D eigenvalue weighted by molar-refractivity contribution is -0.179. The quantitative estimate of drug-likeness (QED) is 0.864. The number of hydrogen-bond donors (Lipinski definition) is 1. The molecular formula is C10H9BrF4O2. The van der Waals surface area contributed by atoms with Gasteiger partial charge in [0.15, 0.2) is 0 Å². The topological polar surface area (TPSA) is 29.5 Å². The van der Waals surface area contributed by atoms with Crippen LogP contribution in [-0.4, -0.2) is 24.5 Å². The van der Waals surface area contributed by atoms with E-state index in [0.29, 0.717) is 0 Å². The summed E-state index contributed by atoms with van der Waals surface area (Å²) in [6.45, 7) is -2.09. The Morgan fingerprint density at radius 3 is 2.59 bits per heavy atom. The van der Waals surface area contributed by atoms with Crippen molar-refractivity contribution in [3.8, 4) is 0 Å². The maximum Gasteiger partial charge on any atom is 0.411 e. The van der Waals surface area contributed by atoms with E-state index >= 15 is 0 Å². The molecule has 1 aromatic carbocycles. The van der Waals surface area contributed by atoms with Crippen LogP contribution in [-0.2, 0) is 4.74 Å². The first-order chi connectivity index (χ1) is 7.81. The second-order valence-electron chi connectivity index (χ2n) is 3.29. The van der Waals surface area contributed by atoms with Gasteiger partial charge in [0.25, 0.3) is 0 Å². The molecule has 0 aromatic heterocycles. The Kier molecular flexibility index (Phi) is 4.91. The Morgan fingerprint density at radius 2 is 2.00 bits per heavy atom. The molecule has 0 radical (unpaired) electrons. The Morgan fingerprint density at radius 1 is 1.35 bits per heavy atom. The molecule has 7 heteroatoms. The lowest BCUT2D eigenvalue weighted by Gasteiger charge is -2.14. The third kappa shape index (κ3) is 4.61. The molecule has 0 saturated carbocycles. The fourth-order valence-corrected chi connectivity index (χ4v) is 1.54. The smallest absolute Gasteiger partial charge is 0.386 e. The van der Waals surface area contributed by atoms with Crippen molar-refractivity contribution in [1.82, 2.24) is 0 Å². The van der Waals surface area contributed by atoms with E-state index in [1.807, 2.05) is 0 Å². The van der Waals surface area contributed by atoms with Gasteiger partial charge < -0.3 is 9.84 Å². The number of alkyl halides is 3. The van der Waals surface area contributed by atoms with Crippen molar-refractivity contribution in [3.63, 3.8) is 0 Å². The summed E-state index contributed by atoms with van der Waals surface area (Å²) in [5, 5.41) is 9.47. The van der Waals surface area contributed by atoms with Crippen LogP contribution < -0.4 is 0 Å². The minimum absolute atomic E-state index is 0.110. The van der Waals surface area contributed by atoms with Crippen LogP contribution in [0.2, 0.25) is 0 Å². The van der Waals surface area contributed by atoms with Gasteiger partial charge in [-0.2, -0.15) is 13.2 Å². The zero-order chi connectivity index (χ0) is 13.1. The average molecular weight is 317 g/mol. The number of halogens is 5. The molecule has 0 aliphatic carbocycles. The zero-order valence-corrected chi connectivity index (χ0v) is 10.1. The largest absolute Gasteiger partial charge is 0.411 e. The highest BCUT2D eigenvalue weighted by Crippen LogP contribution is 2.24. The maximum atomic E-state index is 13.4. The van der Waals surface area contributed by atoms with E-state index in [4.69, 9.17) is 0 Å². The summed E-state index contributed by atoms with van der Waals surface area (Å²) in [5.74, 6) is -0.712. The lowest BCUT2D eigenvalue weighted by atomic mass is 10.1. The zero-order valence-electron chi connectivity index (χ0n) is 8.47. The summed E-state index contributed by atoms with van der Waals surface area (Å²) < 4.78 is 53.1. The maximum absolute atomic E-state index is 13.4. The van der Waals surface area contributed by atoms with Crippen LogP contribution in [0.15, 0.2) is 22.7 Å². The summed E-state index contributed by atoms with van der Waals surface area (Å²) in [6, 6.07) is 4.17. The summed E-state index contributed by atoms with van der Waals surface area (Å²) in [7, 11) is 0. The van der Waals surface area contributed by atoms with Gasteiger partial charge in [-0.1, -0.05) is 12.1 Å². The van der Waals surface area contributed by atoms with Crippen molar-refractivity contribution < 1.29 is 27.4 Å². The van der Waals surface area contributed by atoms with E-state index in [0.717, 1.165) is 0 Å². The lowest BCUT2D eigenvalue weighted by Crippen LogP contribution is -2.20. The number of ether oxygens (including phenoxy) is 1. The molecule has 0 spiro atoms. The molecule has 0 saturated heterocycles. The van der Waals surface area contributed by atoms with E-state index in [1.165, 1.54) is 18.2 Å². The summed E-state index contributed by atoms with van der Waals surface area (Å²) in [4.78, 5) is 0. The molecule has 0 bridgehead atoms. The number of aliphatic hydroxyl groups is 1. The van der Waals surface area contributed by atoms with E-state index in [1.54, 1.807) is 0 Å². The van der Waals surface area contributed by atoms with Crippen LogP contribution in [0.25, 0.3) is 0 Å². The highest BCUT2D eigenvalue weighted by molar-refractivity contribution is 9.10. The second kappa shape index (κ2) is 5.79. The molecule has 2 nitrogen and oxygen atoms in total. The molecular weight excluding hydrogens is 308 g/mol. The van der Waals surface area contributed by atoms with Gasteiger partial charge in [-0.15, -0.1) is 0 Å². The summed E-state index contributed by atoms with van der Waals surface area (Å²) in [6.07, 6.45) is -5.90. The van der Waals surface area contributed by atoms with Gasteiger partial charge in [-0.25, -0.2) is 4.39 Å². The molecule has 1 aromatic rings. The van der Waals surface area contributed by atoms with E-state index in [9.17, 15) is 22.7 Å². The Bertz CT molecular complexity index is 381. The number of aliphatic hydroxyl groups excluding tert-OH is 1. The monoisotopic (exact) mass is 316 g/mol. The number of hydrogen-bond acceptors (Lipinski definition) is 2. The SMILES string of the molecule is OC(COCC(F)(F)F)c1cccc(Br)c1F. The first-order valence-electron chi connectivity index (χ1n) is 4.57. The van der Waals surface area contributed by atoms with Crippen LogP contribution in [0.1, 0.15) is 11.7 Å². The minimum Gasteiger partial charge on any atom is -0.386 e. The molecule has 1 N–H and O–H groups in total. The van der Waals surface area contributed by atoms with E-state index < -0.39 is 31.3 Å². The first-order valence-corrected chi connectivity index (χ1v) is 5.37. The normalized spacial score (nSPS) is 13.8. The molecule has 1 atom stereocenters. The van der Waals surface area contributed by atoms with Crippen LogP contribution >= 0.6 is 15.9 Å². The Hall–Kier alpha value is -0.660. The van der Waals surface area contributed by atoms with E-state index in [-0.39, 0.29) is 10.0 Å². The molecule has 96 valence electrons. The molecule has 1 rings (SSSR count). The summed E-state index contributed by atoms with van der Waals surface area (Å²) in [5.41, 5.74) is -0.110. The fourth-order valence-electron chi connectivity index (χ4n) is 1.15. The third-order valence-electron chi connectivity index (χ3n) is 1.88. The average Bonchev–Trinajstić information content (AvgIpc) is 2.20. The van der Waals surface area contributed by atoms with Crippen molar-refractivity contribution in [2.24, 2.45) is 0 Å². The second-order valence-corrected chi connectivity index (χ2v) is 4.14. The standard InChI is InChI=1S/C10H9BrF4O2/c11-7-3-1-2-6(9(7)12)8(16)4-17-5-10(13,14)15/h1-3,8,16H,4-5H2. The van der Waals surface area contributed by atoms with Crippen LogP contribution in [0.5, 0.6) is 0 Å². The summed E-state index contributed by atoms with van der Waals surface area (Å²) >= 11 is 2.91. The molecule has 0 fully saturated rings. The third-order valence-corrected chi connectivity index (χ3v) is 2.49. The number of rotatable bonds is 4. The van der Waals surface area contributed by atoms with Crippen molar-refractivity contribution >= 4 is 15.9 Å². The van der Waals surface area contributed by atoms with Gasteiger partial charge in [-0.3, -0.25) is 0 Å². The predicted octanol–water partition coefficient (Wildman–Crippen LogP) is 3.20. The molecule has 0 amide bonds. The van der Waals surface area contributed by atoms with Crippen LogP contribution in [0, 0.1) is 5.82 Å². The molecule has 0 aliphatic rings. The van der Waals surface area contributed by atoms with Gasteiger partial charge in [0.05, 0.1) is 11.1 Å². The highest BCUT2D eigenvalue weighted by Gasteiger charge is 2.28. The first kappa shape index (κ1) is 14.4. The van der Waals surface area contributed by atoms with Crippen LogP contribution in [0.4, 0.5) is 17.6 Å². The van der Waals surface area contributed by atoms with Gasteiger partial charge in [0.2, 0.25) is 0 Å². The molecule has 0 heterocycles. The van der Waals surface area contributed by atoms with Crippen LogP contribution in [0.3, 0.4) is 0 Å².